The molecular weight excluding hydrogens is 198 g/mol. The molecule has 1 aromatic rings. The van der Waals surface area contributed by atoms with Crippen molar-refractivity contribution in [3.8, 4) is 11.5 Å². The fourth-order valence-corrected chi connectivity index (χ4v) is 1.71. The molecule has 3 N–H and O–H groups in total. The maximum absolute atomic E-state index is 10.5. The third-order valence-electron chi connectivity index (χ3n) is 2.61. The van der Waals surface area contributed by atoms with Crippen molar-refractivity contribution in [2.75, 3.05) is 13.1 Å². The van der Waals surface area contributed by atoms with E-state index in [1.165, 1.54) is 17.0 Å². The summed E-state index contributed by atoms with van der Waals surface area (Å²) in [5, 5.41) is 27.2. The first-order chi connectivity index (χ1) is 7.08. The molecule has 0 atom stereocenters. The number of hydrogen-bond acceptors (Lipinski definition) is 3. The van der Waals surface area contributed by atoms with Gasteiger partial charge in [-0.1, -0.05) is 6.07 Å². The van der Waals surface area contributed by atoms with Crippen LogP contribution >= 0.6 is 0 Å². The summed E-state index contributed by atoms with van der Waals surface area (Å²) in [6.07, 6.45) is -0.940. The second-order valence-corrected chi connectivity index (χ2v) is 3.63. The largest absolute Gasteiger partial charge is 0.508 e. The third kappa shape index (κ3) is 1.68. The van der Waals surface area contributed by atoms with Gasteiger partial charge in [0, 0.05) is 30.6 Å². The summed E-state index contributed by atoms with van der Waals surface area (Å²) < 4.78 is 0. The number of phenolic OH excluding ortho intramolecular Hbond substituents is 2. The Kier molecular flexibility index (Phi) is 2.15. The number of nitrogens with zero attached hydrogens (tertiary/aromatic N) is 1. The lowest BCUT2D eigenvalue weighted by atomic mass is 9.91. The molecule has 0 aromatic heterocycles. The number of amides is 1. The van der Waals surface area contributed by atoms with Crippen LogP contribution in [0, 0.1) is 0 Å². The minimum absolute atomic E-state index is 0.00524. The average molecular weight is 209 g/mol. The Morgan fingerprint density at radius 2 is 2.00 bits per heavy atom. The van der Waals surface area contributed by atoms with Gasteiger partial charge < -0.3 is 20.2 Å². The second kappa shape index (κ2) is 3.34. The molecule has 0 bridgehead atoms. The molecule has 1 saturated heterocycles. The predicted octanol–water partition coefficient (Wildman–Crippen LogP) is 1.17. The minimum atomic E-state index is -0.940. The maximum atomic E-state index is 10.5. The molecule has 1 aliphatic heterocycles. The Bertz CT molecular complexity index is 398. The van der Waals surface area contributed by atoms with Gasteiger partial charge in [-0.2, -0.15) is 0 Å². The molecule has 1 aromatic carbocycles. The van der Waals surface area contributed by atoms with E-state index in [-0.39, 0.29) is 17.4 Å². The van der Waals surface area contributed by atoms with E-state index < -0.39 is 6.09 Å². The zero-order valence-corrected chi connectivity index (χ0v) is 7.92. The van der Waals surface area contributed by atoms with Gasteiger partial charge in [-0.05, 0) is 6.07 Å². The fraction of sp³-hybridized carbons (Fsp3) is 0.300. The highest BCUT2D eigenvalue weighted by molar-refractivity contribution is 5.66. The fourth-order valence-electron chi connectivity index (χ4n) is 1.71. The zero-order valence-electron chi connectivity index (χ0n) is 7.92. The lowest BCUT2D eigenvalue weighted by Crippen LogP contribution is -2.47. The molecule has 1 heterocycles. The van der Waals surface area contributed by atoms with E-state index in [1.54, 1.807) is 6.07 Å². The highest BCUT2D eigenvalue weighted by Crippen LogP contribution is 2.34. The molecule has 5 heteroatoms. The van der Waals surface area contributed by atoms with Gasteiger partial charge in [-0.15, -0.1) is 0 Å². The molecule has 0 saturated carbocycles. The number of carbonyl (C=O) groups is 1. The standard InChI is InChI=1S/C10H11NO4/c12-7-1-2-8(9(13)3-7)6-4-11(5-6)10(14)15/h1-3,6,12-13H,4-5H2,(H,14,15). The average Bonchev–Trinajstić information content (AvgIpc) is 2.05. The molecule has 1 amide bonds. The second-order valence-electron chi connectivity index (χ2n) is 3.63. The number of carboxylic acid groups (broad SMARTS) is 1. The van der Waals surface area contributed by atoms with Gasteiger partial charge in [0.1, 0.15) is 11.5 Å². The van der Waals surface area contributed by atoms with E-state index in [2.05, 4.69) is 0 Å². The van der Waals surface area contributed by atoms with Crippen LogP contribution in [0.25, 0.3) is 0 Å². The van der Waals surface area contributed by atoms with E-state index in [0.29, 0.717) is 18.7 Å². The van der Waals surface area contributed by atoms with Crippen molar-refractivity contribution in [1.82, 2.24) is 4.90 Å². The Morgan fingerprint density at radius 3 is 2.53 bits per heavy atom. The van der Waals surface area contributed by atoms with Gasteiger partial charge in [0.2, 0.25) is 0 Å². The van der Waals surface area contributed by atoms with Crippen LogP contribution in [-0.2, 0) is 0 Å². The summed E-state index contributed by atoms with van der Waals surface area (Å²) in [6, 6.07) is 4.37. The first kappa shape index (κ1) is 9.64. The Labute approximate surface area is 86.2 Å². The van der Waals surface area contributed by atoms with Gasteiger partial charge in [-0.25, -0.2) is 4.79 Å². The van der Waals surface area contributed by atoms with E-state index in [4.69, 9.17) is 10.2 Å². The van der Waals surface area contributed by atoms with Crippen molar-refractivity contribution in [1.29, 1.82) is 0 Å². The van der Waals surface area contributed by atoms with Crippen LogP contribution in [0.4, 0.5) is 4.79 Å². The number of benzene rings is 1. The van der Waals surface area contributed by atoms with Crippen LogP contribution in [0.15, 0.2) is 18.2 Å². The topological polar surface area (TPSA) is 81.0 Å². The Morgan fingerprint density at radius 1 is 1.33 bits per heavy atom. The number of phenols is 2. The van der Waals surface area contributed by atoms with Crippen molar-refractivity contribution < 1.29 is 20.1 Å². The minimum Gasteiger partial charge on any atom is -0.508 e. The summed E-state index contributed by atoms with van der Waals surface area (Å²) in [5.74, 6) is 0.0532. The van der Waals surface area contributed by atoms with Crippen LogP contribution < -0.4 is 0 Å². The van der Waals surface area contributed by atoms with Crippen LogP contribution in [0.2, 0.25) is 0 Å². The smallest absolute Gasteiger partial charge is 0.407 e. The normalized spacial score (nSPS) is 16.1. The molecule has 0 unspecified atom stereocenters. The zero-order chi connectivity index (χ0) is 11.0. The molecule has 0 radical (unpaired) electrons. The Balaban J connectivity index is 2.10. The van der Waals surface area contributed by atoms with Crippen LogP contribution in [-0.4, -0.2) is 39.4 Å². The van der Waals surface area contributed by atoms with Crippen LogP contribution in [0.5, 0.6) is 11.5 Å². The van der Waals surface area contributed by atoms with Crippen molar-refractivity contribution in [3.63, 3.8) is 0 Å². The predicted molar refractivity (Wildman–Crippen MR) is 52.1 cm³/mol. The SMILES string of the molecule is O=C(O)N1CC(c2ccc(O)cc2O)C1. The third-order valence-corrected chi connectivity index (χ3v) is 2.61. The van der Waals surface area contributed by atoms with E-state index in [1.807, 2.05) is 0 Å². The highest BCUT2D eigenvalue weighted by atomic mass is 16.4. The van der Waals surface area contributed by atoms with Gasteiger partial charge >= 0.3 is 6.09 Å². The number of rotatable bonds is 1. The molecule has 5 nitrogen and oxygen atoms in total. The van der Waals surface area contributed by atoms with E-state index in [9.17, 15) is 9.90 Å². The molecule has 80 valence electrons. The first-order valence-corrected chi connectivity index (χ1v) is 4.57. The van der Waals surface area contributed by atoms with Gasteiger partial charge in [0.25, 0.3) is 0 Å². The van der Waals surface area contributed by atoms with Gasteiger partial charge in [0.05, 0.1) is 0 Å². The van der Waals surface area contributed by atoms with Crippen LogP contribution in [0.1, 0.15) is 11.5 Å². The molecule has 1 aliphatic rings. The van der Waals surface area contributed by atoms with Crippen molar-refractivity contribution >= 4 is 6.09 Å². The molecule has 15 heavy (non-hydrogen) atoms. The maximum Gasteiger partial charge on any atom is 0.407 e. The van der Waals surface area contributed by atoms with Gasteiger partial charge in [-0.3, -0.25) is 0 Å². The monoisotopic (exact) mass is 209 g/mol. The van der Waals surface area contributed by atoms with Crippen molar-refractivity contribution in [2.45, 2.75) is 5.92 Å². The number of hydrogen-bond donors (Lipinski definition) is 3. The molecule has 0 spiro atoms. The first-order valence-electron chi connectivity index (χ1n) is 4.57. The Hall–Kier alpha value is -1.91. The lowest BCUT2D eigenvalue weighted by molar-refractivity contribution is 0.105. The summed E-state index contributed by atoms with van der Waals surface area (Å²) in [7, 11) is 0. The van der Waals surface area contributed by atoms with Crippen molar-refractivity contribution in [3.05, 3.63) is 23.8 Å². The molecular formula is C10H11NO4. The van der Waals surface area contributed by atoms with Gasteiger partial charge in [0.15, 0.2) is 0 Å². The highest BCUT2D eigenvalue weighted by Gasteiger charge is 2.32. The summed E-state index contributed by atoms with van der Waals surface area (Å²) in [6.45, 7) is 0.793. The summed E-state index contributed by atoms with van der Waals surface area (Å²) in [4.78, 5) is 11.8. The number of aromatic hydroxyl groups is 2. The molecule has 0 aliphatic carbocycles. The number of likely N-dealkylation sites (tertiary alicyclic amines) is 1. The summed E-state index contributed by atoms with van der Waals surface area (Å²) in [5.41, 5.74) is 0.685. The molecule has 1 fully saturated rings. The molecule has 2 rings (SSSR count). The quantitative estimate of drug-likeness (QED) is 0.648. The van der Waals surface area contributed by atoms with Crippen molar-refractivity contribution in [2.24, 2.45) is 0 Å². The van der Waals surface area contributed by atoms with E-state index >= 15 is 0 Å². The van der Waals surface area contributed by atoms with E-state index in [0.717, 1.165) is 0 Å². The van der Waals surface area contributed by atoms with Crippen LogP contribution in [0.3, 0.4) is 0 Å². The summed E-state index contributed by atoms with van der Waals surface area (Å²) >= 11 is 0. The lowest BCUT2D eigenvalue weighted by Gasteiger charge is -2.37.